The van der Waals surface area contributed by atoms with Crippen molar-refractivity contribution in [2.45, 2.75) is 18.9 Å². The number of hydrogen-bond acceptors (Lipinski definition) is 4. The SMILES string of the molecule is Cl.O=C(NCC1CNCC1O)C1CCCN(C(=O)Nc2ccccc2)C1. The fraction of sp³-hybridized carbons (Fsp3) is 0.556. The van der Waals surface area contributed by atoms with Crippen LogP contribution < -0.4 is 16.0 Å². The normalized spacial score (nSPS) is 25.3. The Morgan fingerprint density at radius 1 is 1.23 bits per heavy atom. The van der Waals surface area contributed by atoms with Crippen molar-refractivity contribution in [1.82, 2.24) is 15.5 Å². The van der Waals surface area contributed by atoms with Gasteiger partial charge in [-0.3, -0.25) is 4.79 Å². The summed E-state index contributed by atoms with van der Waals surface area (Å²) in [6.07, 6.45) is 1.19. The molecule has 26 heavy (non-hydrogen) atoms. The summed E-state index contributed by atoms with van der Waals surface area (Å²) in [5, 5.41) is 18.7. The van der Waals surface area contributed by atoms with Gasteiger partial charge in [0.05, 0.1) is 12.0 Å². The molecule has 144 valence electrons. The van der Waals surface area contributed by atoms with Crippen molar-refractivity contribution >= 4 is 30.0 Å². The molecule has 2 heterocycles. The van der Waals surface area contributed by atoms with E-state index in [1.165, 1.54) is 0 Å². The number of halogens is 1. The second kappa shape index (κ2) is 9.75. The van der Waals surface area contributed by atoms with Crippen molar-refractivity contribution in [2.75, 3.05) is 38.0 Å². The molecular formula is C18H27ClN4O3. The van der Waals surface area contributed by atoms with Gasteiger partial charge >= 0.3 is 6.03 Å². The predicted molar refractivity (Wildman–Crippen MR) is 102 cm³/mol. The number of rotatable bonds is 4. The summed E-state index contributed by atoms with van der Waals surface area (Å²) >= 11 is 0. The number of anilines is 1. The van der Waals surface area contributed by atoms with Crippen LogP contribution in [0.1, 0.15) is 12.8 Å². The zero-order valence-electron chi connectivity index (χ0n) is 14.7. The highest BCUT2D eigenvalue weighted by Gasteiger charge is 2.30. The van der Waals surface area contributed by atoms with Gasteiger partial charge in [-0.1, -0.05) is 18.2 Å². The van der Waals surface area contributed by atoms with Crippen LogP contribution in [0.25, 0.3) is 0 Å². The topological polar surface area (TPSA) is 93.7 Å². The molecule has 2 aliphatic rings. The second-order valence-corrected chi connectivity index (χ2v) is 6.81. The number of β-amino-alcohol motifs (C(OH)–C–C–N with tert-alkyl or cyclic N) is 1. The van der Waals surface area contributed by atoms with Crippen LogP contribution in [0.15, 0.2) is 30.3 Å². The van der Waals surface area contributed by atoms with Crippen LogP contribution >= 0.6 is 12.4 Å². The quantitative estimate of drug-likeness (QED) is 0.626. The largest absolute Gasteiger partial charge is 0.391 e. The van der Waals surface area contributed by atoms with E-state index in [4.69, 9.17) is 0 Å². The molecule has 2 fully saturated rings. The lowest BCUT2D eigenvalue weighted by Gasteiger charge is -2.32. The minimum Gasteiger partial charge on any atom is -0.391 e. The highest BCUT2D eigenvalue weighted by atomic mass is 35.5. The number of hydrogen-bond donors (Lipinski definition) is 4. The number of piperidine rings is 1. The van der Waals surface area contributed by atoms with E-state index in [9.17, 15) is 14.7 Å². The number of likely N-dealkylation sites (tertiary alicyclic amines) is 1. The van der Waals surface area contributed by atoms with E-state index in [0.717, 1.165) is 25.1 Å². The van der Waals surface area contributed by atoms with E-state index in [-0.39, 0.29) is 36.2 Å². The molecule has 3 unspecified atom stereocenters. The van der Waals surface area contributed by atoms with Gasteiger partial charge in [0, 0.05) is 44.3 Å². The third-order valence-electron chi connectivity index (χ3n) is 4.95. The summed E-state index contributed by atoms with van der Waals surface area (Å²) in [7, 11) is 0. The van der Waals surface area contributed by atoms with E-state index in [2.05, 4.69) is 16.0 Å². The first-order chi connectivity index (χ1) is 12.1. The molecule has 0 bridgehead atoms. The molecule has 7 nitrogen and oxygen atoms in total. The fourth-order valence-corrected chi connectivity index (χ4v) is 3.40. The van der Waals surface area contributed by atoms with Crippen LogP contribution in [-0.2, 0) is 4.79 Å². The summed E-state index contributed by atoms with van der Waals surface area (Å²) < 4.78 is 0. The Morgan fingerprint density at radius 3 is 2.69 bits per heavy atom. The lowest BCUT2D eigenvalue weighted by Crippen LogP contribution is -2.47. The third kappa shape index (κ3) is 5.33. The van der Waals surface area contributed by atoms with Crippen LogP contribution in [0.4, 0.5) is 10.5 Å². The molecule has 2 saturated heterocycles. The van der Waals surface area contributed by atoms with Crippen molar-refractivity contribution in [3.63, 3.8) is 0 Å². The molecule has 0 saturated carbocycles. The van der Waals surface area contributed by atoms with Gasteiger partial charge in [0.25, 0.3) is 0 Å². The summed E-state index contributed by atoms with van der Waals surface area (Å²) in [6.45, 7) is 2.86. The predicted octanol–water partition coefficient (Wildman–Crippen LogP) is 1.05. The Balaban J connectivity index is 0.00000243. The summed E-state index contributed by atoms with van der Waals surface area (Å²) in [5.74, 6) is -0.164. The first-order valence-electron chi connectivity index (χ1n) is 8.91. The minimum atomic E-state index is -0.403. The molecule has 0 aliphatic carbocycles. The number of nitrogens with one attached hydrogen (secondary N) is 3. The molecule has 1 aromatic carbocycles. The van der Waals surface area contributed by atoms with E-state index in [0.29, 0.717) is 26.2 Å². The van der Waals surface area contributed by atoms with E-state index >= 15 is 0 Å². The van der Waals surface area contributed by atoms with Crippen molar-refractivity contribution in [3.05, 3.63) is 30.3 Å². The maximum absolute atomic E-state index is 12.4. The Kier molecular flexibility index (Phi) is 7.68. The number of nitrogens with zero attached hydrogens (tertiary/aromatic N) is 1. The molecule has 0 spiro atoms. The molecule has 3 rings (SSSR count). The van der Waals surface area contributed by atoms with Gasteiger partial charge in [-0.25, -0.2) is 4.79 Å². The van der Waals surface area contributed by atoms with Crippen molar-refractivity contribution < 1.29 is 14.7 Å². The van der Waals surface area contributed by atoms with Crippen molar-refractivity contribution in [1.29, 1.82) is 0 Å². The Morgan fingerprint density at radius 2 is 2.00 bits per heavy atom. The van der Waals surface area contributed by atoms with Crippen LogP contribution in [0.2, 0.25) is 0 Å². The highest BCUT2D eigenvalue weighted by molar-refractivity contribution is 5.90. The molecule has 8 heteroatoms. The molecule has 0 radical (unpaired) electrons. The average molecular weight is 383 g/mol. The zero-order chi connectivity index (χ0) is 17.6. The van der Waals surface area contributed by atoms with Crippen LogP contribution in [0, 0.1) is 11.8 Å². The Bertz CT molecular complexity index is 601. The number of carbonyl (C=O) groups is 2. The van der Waals surface area contributed by atoms with Crippen LogP contribution in [-0.4, -0.2) is 60.8 Å². The van der Waals surface area contributed by atoms with Crippen LogP contribution in [0.5, 0.6) is 0 Å². The molecular weight excluding hydrogens is 356 g/mol. The number of carbonyl (C=O) groups excluding carboxylic acids is 2. The van der Waals surface area contributed by atoms with Gasteiger partial charge in [0.1, 0.15) is 0 Å². The van der Waals surface area contributed by atoms with Crippen molar-refractivity contribution in [2.24, 2.45) is 11.8 Å². The van der Waals surface area contributed by atoms with E-state index in [1.807, 2.05) is 30.3 Å². The average Bonchev–Trinajstić information content (AvgIpc) is 3.05. The molecule has 4 N–H and O–H groups in total. The second-order valence-electron chi connectivity index (χ2n) is 6.81. The maximum atomic E-state index is 12.4. The summed E-state index contributed by atoms with van der Waals surface area (Å²) in [5.41, 5.74) is 0.752. The smallest absolute Gasteiger partial charge is 0.321 e. The summed E-state index contributed by atoms with van der Waals surface area (Å²) in [6, 6.07) is 9.15. The maximum Gasteiger partial charge on any atom is 0.321 e. The van der Waals surface area contributed by atoms with Crippen molar-refractivity contribution in [3.8, 4) is 0 Å². The summed E-state index contributed by atoms with van der Waals surface area (Å²) in [4.78, 5) is 26.5. The highest BCUT2D eigenvalue weighted by Crippen LogP contribution is 2.18. The monoisotopic (exact) mass is 382 g/mol. The lowest BCUT2D eigenvalue weighted by molar-refractivity contribution is -0.126. The van der Waals surface area contributed by atoms with E-state index in [1.54, 1.807) is 4.90 Å². The third-order valence-corrected chi connectivity index (χ3v) is 4.95. The fourth-order valence-electron chi connectivity index (χ4n) is 3.40. The standard InChI is InChI=1S/C18H26N4O3.ClH/c23-16-11-19-9-14(16)10-20-17(24)13-5-4-8-22(12-13)18(25)21-15-6-2-1-3-7-15;/h1-3,6-7,13-14,16,19,23H,4-5,8-12H2,(H,20,24)(H,21,25);1H. The Labute approximate surface area is 159 Å². The minimum absolute atomic E-state index is 0. The van der Waals surface area contributed by atoms with Gasteiger partial charge in [0.15, 0.2) is 0 Å². The number of aliphatic hydroxyl groups is 1. The number of para-hydroxylation sites is 1. The zero-order valence-corrected chi connectivity index (χ0v) is 15.5. The lowest BCUT2D eigenvalue weighted by atomic mass is 9.97. The number of urea groups is 1. The number of benzene rings is 1. The van der Waals surface area contributed by atoms with Gasteiger partial charge in [-0.2, -0.15) is 0 Å². The Hall–Kier alpha value is -1.83. The first-order valence-corrected chi connectivity index (χ1v) is 8.91. The first kappa shape index (κ1) is 20.5. The van der Waals surface area contributed by atoms with Gasteiger partial charge in [-0.05, 0) is 25.0 Å². The molecule has 2 aliphatic heterocycles. The molecule has 3 amide bonds. The molecule has 1 aromatic rings. The molecule has 3 atom stereocenters. The van der Waals surface area contributed by atoms with Gasteiger partial charge in [-0.15, -0.1) is 12.4 Å². The van der Waals surface area contributed by atoms with E-state index < -0.39 is 6.10 Å². The number of aliphatic hydroxyl groups excluding tert-OH is 1. The molecule has 0 aromatic heterocycles. The number of amides is 3. The van der Waals surface area contributed by atoms with Gasteiger partial charge in [0.2, 0.25) is 5.91 Å². The van der Waals surface area contributed by atoms with Gasteiger partial charge < -0.3 is 26.0 Å². The van der Waals surface area contributed by atoms with Crippen LogP contribution in [0.3, 0.4) is 0 Å².